The van der Waals surface area contributed by atoms with E-state index < -0.39 is 5.82 Å². The number of aryl methyl sites for hydroxylation is 1. The lowest BCUT2D eigenvalue weighted by Crippen LogP contribution is -2.12. The number of benzene rings is 2. The summed E-state index contributed by atoms with van der Waals surface area (Å²) < 4.78 is 12.9. The van der Waals surface area contributed by atoms with Gasteiger partial charge in [-0.3, -0.25) is 4.79 Å². The van der Waals surface area contributed by atoms with Gasteiger partial charge in [-0.25, -0.2) is 4.39 Å². The SMILES string of the molecule is Cc1cc(C(=O)Nc2ccc(F)cc2Cl)ccc1N. The molecule has 0 aliphatic heterocycles. The van der Waals surface area contributed by atoms with Crippen LogP contribution < -0.4 is 11.1 Å². The van der Waals surface area contributed by atoms with Crippen molar-refractivity contribution in [3.05, 3.63) is 58.4 Å². The van der Waals surface area contributed by atoms with Gasteiger partial charge in [0.05, 0.1) is 10.7 Å². The highest BCUT2D eigenvalue weighted by Gasteiger charge is 2.10. The fourth-order valence-electron chi connectivity index (χ4n) is 1.60. The first-order chi connectivity index (χ1) is 8.97. The Bertz CT molecular complexity index is 643. The van der Waals surface area contributed by atoms with E-state index in [9.17, 15) is 9.18 Å². The van der Waals surface area contributed by atoms with Crippen LogP contribution in [0, 0.1) is 12.7 Å². The molecule has 0 radical (unpaired) electrons. The average molecular weight is 279 g/mol. The predicted molar refractivity (Wildman–Crippen MR) is 75.0 cm³/mol. The maximum absolute atomic E-state index is 12.9. The van der Waals surface area contributed by atoms with Gasteiger partial charge in [-0.15, -0.1) is 0 Å². The molecule has 2 aromatic carbocycles. The van der Waals surface area contributed by atoms with Crippen LogP contribution in [-0.2, 0) is 0 Å². The molecule has 98 valence electrons. The Morgan fingerprint density at radius 3 is 2.63 bits per heavy atom. The van der Waals surface area contributed by atoms with Crippen LogP contribution in [0.1, 0.15) is 15.9 Å². The molecule has 0 aliphatic carbocycles. The Labute approximate surface area is 115 Å². The van der Waals surface area contributed by atoms with Crippen molar-refractivity contribution < 1.29 is 9.18 Å². The number of carbonyl (C=O) groups excluding carboxylic acids is 1. The minimum Gasteiger partial charge on any atom is -0.399 e. The van der Waals surface area contributed by atoms with E-state index in [1.165, 1.54) is 12.1 Å². The molecular weight excluding hydrogens is 267 g/mol. The summed E-state index contributed by atoms with van der Waals surface area (Å²) in [5, 5.41) is 2.78. The van der Waals surface area contributed by atoms with Crippen LogP contribution in [-0.4, -0.2) is 5.91 Å². The zero-order chi connectivity index (χ0) is 14.0. The van der Waals surface area contributed by atoms with Crippen molar-refractivity contribution in [2.75, 3.05) is 11.1 Å². The largest absolute Gasteiger partial charge is 0.399 e. The molecule has 1 amide bonds. The molecule has 19 heavy (non-hydrogen) atoms. The minimum atomic E-state index is -0.452. The summed E-state index contributed by atoms with van der Waals surface area (Å²) in [5.41, 5.74) is 7.96. The summed E-state index contributed by atoms with van der Waals surface area (Å²) in [4.78, 5) is 12.0. The monoisotopic (exact) mass is 278 g/mol. The van der Waals surface area contributed by atoms with E-state index >= 15 is 0 Å². The lowest BCUT2D eigenvalue weighted by Gasteiger charge is -2.08. The van der Waals surface area contributed by atoms with Gasteiger partial charge in [0.15, 0.2) is 0 Å². The van der Waals surface area contributed by atoms with Crippen molar-refractivity contribution in [2.24, 2.45) is 0 Å². The molecule has 3 nitrogen and oxygen atoms in total. The van der Waals surface area contributed by atoms with Crippen molar-refractivity contribution in [1.82, 2.24) is 0 Å². The lowest BCUT2D eigenvalue weighted by molar-refractivity contribution is 0.102. The Balaban J connectivity index is 2.23. The third kappa shape index (κ3) is 3.03. The zero-order valence-electron chi connectivity index (χ0n) is 10.2. The number of nitrogens with one attached hydrogen (secondary N) is 1. The molecule has 3 N–H and O–H groups in total. The second kappa shape index (κ2) is 5.28. The van der Waals surface area contributed by atoms with E-state index in [4.69, 9.17) is 17.3 Å². The highest BCUT2D eigenvalue weighted by Crippen LogP contribution is 2.23. The summed E-state index contributed by atoms with van der Waals surface area (Å²) in [6, 6.07) is 8.76. The molecule has 0 saturated heterocycles. The van der Waals surface area contributed by atoms with Gasteiger partial charge < -0.3 is 11.1 Å². The summed E-state index contributed by atoms with van der Waals surface area (Å²) in [5.74, 6) is -0.775. The molecule has 5 heteroatoms. The summed E-state index contributed by atoms with van der Waals surface area (Å²) in [7, 11) is 0. The Morgan fingerprint density at radius 2 is 2.00 bits per heavy atom. The molecule has 2 aromatic rings. The highest BCUT2D eigenvalue weighted by atomic mass is 35.5. The van der Waals surface area contributed by atoms with Gasteiger partial charge >= 0.3 is 0 Å². The molecular formula is C14H12ClFN2O. The molecule has 0 spiro atoms. The van der Waals surface area contributed by atoms with Crippen LogP contribution in [0.3, 0.4) is 0 Å². The van der Waals surface area contributed by atoms with Gasteiger partial charge in [0.25, 0.3) is 5.91 Å². The van der Waals surface area contributed by atoms with Gasteiger partial charge in [-0.05, 0) is 48.9 Å². The molecule has 0 aliphatic rings. The molecule has 0 saturated carbocycles. The third-order valence-electron chi connectivity index (χ3n) is 2.71. The van der Waals surface area contributed by atoms with Crippen LogP contribution in [0.5, 0.6) is 0 Å². The number of hydrogen-bond donors (Lipinski definition) is 2. The Kier molecular flexibility index (Phi) is 3.71. The molecule has 2 rings (SSSR count). The van der Waals surface area contributed by atoms with E-state index in [1.54, 1.807) is 18.2 Å². The molecule has 0 heterocycles. The Morgan fingerprint density at radius 1 is 1.26 bits per heavy atom. The fraction of sp³-hybridized carbons (Fsp3) is 0.0714. The van der Waals surface area contributed by atoms with E-state index in [2.05, 4.69) is 5.32 Å². The molecule has 0 unspecified atom stereocenters. The van der Waals surface area contributed by atoms with Gasteiger partial charge in [0, 0.05) is 11.3 Å². The zero-order valence-corrected chi connectivity index (χ0v) is 11.0. The third-order valence-corrected chi connectivity index (χ3v) is 3.02. The molecule has 0 atom stereocenters. The lowest BCUT2D eigenvalue weighted by atomic mass is 10.1. The highest BCUT2D eigenvalue weighted by molar-refractivity contribution is 6.33. The first-order valence-corrected chi connectivity index (χ1v) is 5.97. The first kappa shape index (κ1) is 13.4. The quantitative estimate of drug-likeness (QED) is 0.824. The maximum atomic E-state index is 12.9. The van der Waals surface area contributed by atoms with Crippen molar-refractivity contribution >= 4 is 28.9 Å². The number of hydrogen-bond acceptors (Lipinski definition) is 2. The average Bonchev–Trinajstić information content (AvgIpc) is 2.36. The van der Waals surface area contributed by atoms with Gasteiger partial charge in [0.2, 0.25) is 0 Å². The van der Waals surface area contributed by atoms with Gasteiger partial charge in [0.1, 0.15) is 5.82 Å². The van der Waals surface area contributed by atoms with Gasteiger partial charge in [-0.2, -0.15) is 0 Å². The molecule has 0 aromatic heterocycles. The van der Waals surface area contributed by atoms with Gasteiger partial charge in [-0.1, -0.05) is 11.6 Å². The summed E-state index contributed by atoms with van der Waals surface area (Å²) in [6.45, 7) is 1.82. The van der Waals surface area contributed by atoms with Crippen molar-refractivity contribution in [2.45, 2.75) is 6.92 Å². The summed E-state index contributed by atoms with van der Waals surface area (Å²) >= 11 is 5.84. The topological polar surface area (TPSA) is 55.1 Å². The fourth-order valence-corrected chi connectivity index (χ4v) is 1.82. The number of nitrogen functional groups attached to an aromatic ring is 1. The van der Waals surface area contributed by atoms with Crippen LogP contribution >= 0.6 is 11.6 Å². The van der Waals surface area contributed by atoms with E-state index in [0.717, 1.165) is 11.6 Å². The normalized spacial score (nSPS) is 10.3. The van der Waals surface area contributed by atoms with E-state index in [1.807, 2.05) is 6.92 Å². The first-order valence-electron chi connectivity index (χ1n) is 5.60. The van der Waals surface area contributed by atoms with Crippen LogP contribution in [0.4, 0.5) is 15.8 Å². The van der Waals surface area contributed by atoms with Crippen molar-refractivity contribution in [3.8, 4) is 0 Å². The standard InChI is InChI=1S/C14H12ClFN2O/c1-8-6-9(2-4-12(8)17)14(19)18-13-5-3-10(16)7-11(13)15/h2-7H,17H2,1H3,(H,18,19). The van der Waals surface area contributed by atoms with Crippen molar-refractivity contribution in [1.29, 1.82) is 0 Å². The van der Waals surface area contributed by atoms with Crippen LogP contribution in [0.15, 0.2) is 36.4 Å². The number of rotatable bonds is 2. The number of anilines is 2. The smallest absolute Gasteiger partial charge is 0.255 e. The second-order valence-electron chi connectivity index (χ2n) is 4.15. The Hall–Kier alpha value is -2.07. The van der Waals surface area contributed by atoms with Crippen molar-refractivity contribution in [3.63, 3.8) is 0 Å². The summed E-state index contributed by atoms with van der Waals surface area (Å²) in [6.07, 6.45) is 0. The number of halogens is 2. The molecule has 0 fully saturated rings. The number of carbonyl (C=O) groups is 1. The second-order valence-corrected chi connectivity index (χ2v) is 4.56. The van der Waals surface area contributed by atoms with E-state index in [0.29, 0.717) is 16.9 Å². The van der Waals surface area contributed by atoms with Crippen LogP contribution in [0.2, 0.25) is 5.02 Å². The van der Waals surface area contributed by atoms with E-state index in [-0.39, 0.29) is 10.9 Å². The minimum absolute atomic E-state index is 0.153. The maximum Gasteiger partial charge on any atom is 0.255 e. The molecule has 0 bridgehead atoms. The number of amides is 1. The number of nitrogens with two attached hydrogens (primary N) is 1. The predicted octanol–water partition coefficient (Wildman–Crippen LogP) is 3.62. The van der Waals surface area contributed by atoms with Crippen LogP contribution in [0.25, 0.3) is 0 Å².